The molecule has 0 amide bonds. The molecule has 11 heavy (non-hydrogen) atoms. The highest BCUT2D eigenvalue weighted by Gasteiger charge is 2.16. The van der Waals surface area contributed by atoms with Crippen LogP contribution in [0.25, 0.3) is 0 Å². The first-order valence-corrected chi connectivity index (χ1v) is 3.63. The number of rotatable bonds is 2. The van der Waals surface area contributed by atoms with Gasteiger partial charge in [-0.05, 0) is 11.8 Å². The minimum Gasteiger partial charge on any atom is -0.466 e. The largest absolute Gasteiger partial charge is 0.466 e. The summed E-state index contributed by atoms with van der Waals surface area (Å²) in [5, 5.41) is 0. The highest BCUT2D eigenvalue weighted by Crippen LogP contribution is 2.23. The minimum atomic E-state index is -0.306. The molecule has 0 N–H and O–H groups in total. The molecule has 0 heterocycles. The van der Waals surface area contributed by atoms with Crippen LogP contribution in [0.1, 0.15) is 27.2 Å². The lowest BCUT2D eigenvalue weighted by molar-refractivity contribution is -0.136. The van der Waals surface area contributed by atoms with Crippen molar-refractivity contribution in [3.63, 3.8) is 0 Å². The Morgan fingerprint density at radius 2 is 1.91 bits per heavy atom. The van der Waals surface area contributed by atoms with Gasteiger partial charge in [-0.2, -0.15) is 0 Å². The van der Waals surface area contributed by atoms with E-state index in [9.17, 15) is 4.79 Å². The summed E-state index contributed by atoms with van der Waals surface area (Å²) >= 11 is 0. The molecule has 0 rings (SSSR count). The van der Waals surface area contributed by atoms with Crippen LogP contribution in [0.3, 0.4) is 0 Å². The minimum absolute atomic E-state index is 0.102. The van der Waals surface area contributed by atoms with Crippen molar-refractivity contribution < 1.29 is 9.53 Å². The van der Waals surface area contributed by atoms with E-state index in [-0.39, 0.29) is 11.4 Å². The van der Waals surface area contributed by atoms with Gasteiger partial charge >= 0.3 is 5.97 Å². The Balaban J connectivity index is 3.99. The summed E-state index contributed by atoms with van der Waals surface area (Å²) in [7, 11) is 1.37. The quantitative estimate of drug-likeness (QED) is 0.452. The first kappa shape index (κ1) is 10.2. The number of esters is 1. The normalized spacial score (nSPS) is 10.9. The standard InChI is InChI=1S/C9H16O2/c1-7(8(10)11-5)6-9(2,3)4/h1,6H2,2-5H3. The van der Waals surface area contributed by atoms with Gasteiger partial charge in [0.05, 0.1) is 7.11 Å². The van der Waals surface area contributed by atoms with Gasteiger partial charge in [0.2, 0.25) is 0 Å². The van der Waals surface area contributed by atoms with Crippen molar-refractivity contribution in [2.45, 2.75) is 27.2 Å². The number of hydrogen-bond acceptors (Lipinski definition) is 2. The Bertz CT molecular complexity index is 163. The molecule has 0 aromatic heterocycles. The molecule has 0 radical (unpaired) electrons. The number of carbonyl (C=O) groups excluding carboxylic acids is 1. The van der Waals surface area contributed by atoms with Crippen molar-refractivity contribution in [1.29, 1.82) is 0 Å². The van der Waals surface area contributed by atoms with Crippen molar-refractivity contribution in [3.8, 4) is 0 Å². The molecule has 64 valence electrons. The van der Waals surface area contributed by atoms with Gasteiger partial charge in [0.15, 0.2) is 0 Å². The van der Waals surface area contributed by atoms with Gasteiger partial charge in [-0.3, -0.25) is 0 Å². The molecule has 0 atom stereocenters. The molecule has 0 aromatic carbocycles. The van der Waals surface area contributed by atoms with E-state index in [0.717, 1.165) is 0 Å². The monoisotopic (exact) mass is 156 g/mol. The molecular formula is C9H16O2. The molecule has 0 aliphatic carbocycles. The first-order chi connectivity index (χ1) is 4.87. The van der Waals surface area contributed by atoms with Crippen LogP contribution in [0.5, 0.6) is 0 Å². The Morgan fingerprint density at radius 3 is 2.18 bits per heavy atom. The van der Waals surface area contributed by atoms with E-state index in [2.05, 4.69) is 32.1 Å². The highest BCUT2D eigenvalue weighted by atomic mass is 16.5. The maximum atomic E-state index is 10.9. The van der Waals surface area contributed by atoms with E-state index in [1.807, 2.05) is 0 Å². The molecule has 0 fully saturated rings. The molecule has 0 aliphatic rings. The zero-order valence-electron chi connectivity index (χ0n) is 7.73. The predicted octanol–water partition coefficient (Wildman–Crippen LogP) is 2.15. The second-order valence-electron chi connectivity index (χ2n) is 3.83. The van der Waals surface area contributed by atoms with Crippen LogP contribution < -0.4 is 0 Å². The summed E-state index contributed by atoms with van der Waals surface area (Å²) in [5.41, 5.74) is 0.644. The molecular weight excluding hydrogens is 140 g/mol. The fourth-order valence-corrected chi connectivity index (χ4v) is 0.857. The fourth-order valence-electron chi connectivity index (χ4n) is 0.857. The summed E-state index contributed by atoms with van der Waals surface area (Å²) < 4.78 is 4.52. The highest BCUT2D eigenvalue weighted by molar-refractivity contribution is 5.87. The maximum Gasteiger partial charge on any atom is 0.333 e. The van der Waals surface area contributed by atoms with Crippen LogP contribution in [-0.4, -0.2) is 13.1 Å². The Morgan fingerprint density at radius 1 is 1.45 bits per heavy atom. The first-order valence-electron chi connectivity index (χ1n) is 3.63. The van der Waals surface area contributed by atoms with Crippen molar-refractivity contribution in [2.75, 3.05) is 7.11 Å². The van der Waals surface area contributed by atoms with Gasteiger partial charge in [-0.15, -0.1) is 0 Å². The number of ether oxygens (including phenoxy) is 1. The van der Waals surface area contributed by atoms with Gasteiger partial charge in [-0.1, -0.05) is 27.4 Å². The third kappa shape index (κ3) is 4.59. The van der Waals surface area contributed by atoms with E-state index in [1.54, 1.807) is 0 Å². The van der Waals surface area contributed by atoms with Crippen LogP contribution in [-0.2, 0) is 9.53 Å². The van der Waals surface area contributed by atoms with Crippen molar-refractivity contribution in [2.24, 2.45) is 5.41 Å². The Labute approximate surface area is 68.2 Å². The smallest absolute Gasteiger partial charge is 0.333 e. The van der Waals surface area contributed by atoms with Crippen LogP contribution in [0.15, 0.2) is 12.2 Å². The molecule has 0 spiro atoms. The van der Waals surface area contributed by atoms with Crippen molar-refractivity contribution in [3.05, 3.63) is 12.2 Å². The molecule has 0 bridgehead atoms. The zero-order chi connectivity index (χ0) is 9.07. The van der Waals surface area contributed by atoms with E-state index < -0.39 is 0 Å². The van der Waals surface area contributed by atoms with Crippen LogP contribution in [0.4, 0.5) is 0 Å². The second kappa shape index (κ2) is 3.56. The van der Waals surface area contributed by atoms with Crippen molar-refractivity contribution >= 4 is 5.97 Å². The molecule has 2 nitrogen and oxygen atoms in total. The Hall–Kier alpha value is -0.790. The summed E-state index contributed by atoms with van der Waals surface area (Å²) in [6.07, 6.45) is 0.680. The molecule has 0 unspecified atom stereocenters. The molecule has 0 aromatic rings. The van der Waals surface area contributed by atoms with Gasteiger partial charge in [0.25, 0.3) is 0 Å². The predicted molar refractivity (Wildman–Crippen MR) is 45.2 cm³/mol. The number of methoxy groups -OCH3 is 1. The van der Waals surface area contributed by atoms with Gasteiger partial charge in [-0.25, -0.2) is 4.79 Å². The van der Waals surface area contributed by atoms with Gasteiger partial charge in [0, 0.05) is 5.57 Å². The lowest BCUT2D eigenvalue weighted by Crippen LogP contribution is -2.12. The average Bonchev–Trinajstić information content (AvgIpc) is 1.82. The van der Waals surface area contributed by atoms with E-state index in [0.29, 0.717) is 12.0 Å². The molecule has 2 heteroatoms. The Kier molecular flexibility index (Phi) is 3.30. The summed E-state index contributed by atoms with van der Waals surface area (Å²) in [6.45, 7) is 9.81. The van der Waals surface area contributed by atoms with Gasteiger partial charge in [0.1, 0.15) is 0 Å². The molecule has 0 saturated heterocycles. The summed E-state index contributed by atoms with van der Waals surface area (Å²) in [6, 6.07) is 0. The van der Waals surface area contributed by atoms with Crippen LogP contribution >= 0.6 is 0 Å². The zero-order valence-corrected chi connectivity index (χ0v) is 7.73. The topological polar surface area (TPSA) is 26.3 Å². The third-order valence-electron chi connectivity index (χ3n) is 1.22. The van der Waals surface area contributed by atoms with Crippen LogP contribution in [0.2, 0.25) is 0 Å². The molecule has 0 saturated carbocycles. The lowest BCUT2D eigenvalue weighted by Gasteiger charge is -2.17. The third-order valence-corrected chi connectivity index (χ3v) is 1.22. The maximum absolute atomic E-state index is 10.9. The van der Waals surface area contributed by atoms with E-state index >= 15 is 0 Å². The van der Waals surface area contributed by atoms with E-state index in [4.69, 9.17) is 0 Å². The van der Waals surface area contributed by atoms with Crippen molar-refractivity contribution in [1.82, 2.24) is 0 Å². The average molecular weight is 156 g/mol. The lowest BCUT2D eigenvalue weighted by atomic mass is 9.88. The van der Waals surface area contributed by atoms with Gasteiger partial charge < -0.3 is 4.74 Å². The molecule has 0 aliphatic heterocycles. The SMILES string of the molecule is C=C(CC(C)(C)C)C(=O)OC. The van der Waals surface area contributed by atoms with Crippen LogP contribution in [0, 0.1) is 5.41 Å². The number of hydrogen-bond donors (Lipinski definition) is 0. The summed E-state index contributed by atoms with van der Waals surface area (Å²) in [5.74, 6) is -0.306. The second-order valence-corrected chi connectivity index (χ2v) is 3.83. The van der Waals surface area contributed by atoms with E-state index in [1.165, 1.54) is 7.11 Å². The fraction of sp³-hybridized carbons (Fsp3) is 0.667. The number of carbonyl (C=O) groups is 1. The summed E-state index contributed by atoms with van der Waals surface area (Å²) in [4.78, 5) is 10.9.